The van der Waals surface area contributed by atoms with Gasteiger partial charge in [-0.1, -0.05) is 18.2 Å². The minimum atomic E-state index is 0.154. The fourth-order valence-corrected chi connectivity index (χ4v) is 1.45. The maximum absolute atomic E-state index is 5.74. The molecule has 0 aromatic heterocycles. The summed E-state index contributed by atoms with van der Waals surface area (Å²) in [6.45, 7) is 5.69. The summed E-state index contributed by atoms with van der Waals surface area (Å²) in [6.07, 6.45) is 0.154. The smallest absolute Gasteiger partial charge is 0.119 e. The van der Waals surface area contributed by atoms with Crippen molar-refractivity contribution < 1.29 is 9.47 Å². The van der Waals surface area contributed by atoms with E-state index in [1.54, 1.807) is 7.11 Å². The standard InChI is InChI=1S/C13H21NO2/c1-11(10-15-3)14-9-12(2)16-13-7-5-4-6-8-13/h4-8,11-12,14H,9-10H2,1-3H3. The van der Waals surface area contributed by atoms with Gasteiger partial charge in [0.05, 0.1) is 6.61 Å². The van der Waals surface area contributed by atoms with E-state index in [-0.39, 0.29) is 6.10 Å². The van der Waals surface area contributed by atoms with Crippen LogP contribution in [0, 0.1) is 0 Å². The van der Waals surface area contributed by atoms with Crippen LogP contribution in [0.15, 0.2) is 30.3 Å². The van der Waals surface area contributed by atoms with E-state index in [9.17, 15) is 0 Å². The molecule has 90 valence electrons. The Morgan fingerprint density at radius 1 is 1.19 bits per heavy atom. The van der Waals surface area contributed by atoms with E-state index in [4.69, 9.17) is 9.47 Å². The van der Waals surface area contributed by atoms with Crippen LogP contribution in [0.4, 0.5) is 0 Å². The van der Waals surface area contributed by atoms with Crippen LogP contribution < -0.4 is 10.1 Å². The first-order chi connectivity index (χ1) is 7.72. The zero-order chi connectivity index (χ0) is 11.8. The van der Waals surface area contributed by atoms with Crippen LogP contribution in [0.1, 0.15) is 13.8 Å². The van der Waals surface area contributed by atoms with E-state index in [2.05, 4.69) is 19.2 Å². The van der Waals surface area contributed by atoms with Gasteiger partial charge in [0, 0.05) is 19.7 Å². The van der Waals surface area contributed by atoms with Crippen molar-refractivity contribution in [2.45, 2.75) is 26.0 Å². The summed E-state index contributed by atoms with van der Waals surface area (Å²) in [5.41, 5.74) is 0. The fourth-order valence-electron chi connectivity index (χ4n) is 1.45. The topological polar surface area (TPSA) is 30.5 Å². The van der Waals surface area contributed by atoms with Gasteiger partial charge in [-0.2, -0.15) is 0 Å². The summed E-state index contributed by atoms with van der Waals surface area (Å²) in [5, 5.41) is 3.35. The zero-order valence-electron chi connectivity index (χ0n) is 10.3. The molecule has 16 heavy (non-hydrogen) atoms. The molecule has 0 saturated carbocycles. The Labute approximate surface area is 97.8 Å². The lowest BCUT2D eigenvalue weighted by atomic mass is 10.3. The molecule has 0 aliphatic rings. The van der Waals surface area contributed by atoms with Crippen LogP contribution in [-0.4, -0.2) is 32.4 Å². The van der Waals surface area contributed by atoms with E-state index in [0.717, 1.165) is 18.9 Å². The van der Waals surface area contributed by atoms with E-state index in [1.165, 1.54) is 0 Å². The highest BCUT2D eigenvalue weighted by Crippen LogP contribution is 2.10. The zero-order valence-corrected chi connectivity index (χ0v) is 10.3. The fraction of sp³-hybridized carbons (Fsp3) is 0.538. The van der Waals surface area contributed by atoms with Gasteiger partial charge < -0.3 is 14.8 Å². The largest absolute Gasteiger partial charge is 0.489 e. The molecule has 0 fully saturated rings. The lowest BCUT2D eigenvalue weighted by Gasteiger charge is -2.18. The summed E-state index contributed by atoms with van der Waals surface area (Å²) in [6, 6.07) is 10.2. The highest BCUT2D eigenvalue weighted by molar-refractivity contribution is 5.21. The molecule has 1 aromatic carbocycles. The van der Waals surface area contributed by atoms with Crippen LogP contribution in [0.3, 0.4) is 0 Å². The van der Waals surface area contributed by atoms with Crippen molar-refractivity contribution in [1.82, 2.24) is 5.32 Å². The van der Waals surface area contributed by atoms with Gasteiger partial charge in [0.15, 0.2) is 0 Å². The molecule has 0 heterocycles. The Hall–Kier alpha value is -1.06. The Kier molecular flexibility index (Phi) is 5.90. The van der Waals surface area contributed by atoms with Gasteiger partial charge >= 0.3 is 0 Å². The van der Waals surface area contributed by atoms with Crippen molar-refractivity contribution in [3.8, 4) is 5.75 Å². The molecule has 3 heteroatoms. The maximum atomic E-state index is 5.74. The number of para-hydroxylation sites is 1. The summed E-state index contributed by atoms with van der Waals surface area (Å²) < 4.78 is 10.8. The van der Waals surface area contributed by atoms with Crippen LogP contribution in [-0.2, 0) is 4.74 Å². The van der Waals surface area contributed by atoms with Crippen LogP contribution >= 0.6 is 0 Å². The monoisotopic (exact) mass is 223 g/mol. The van der Waals surface area contributed by atoms with Crippen LogP contribution in [0.5, 0.6) is 5.75 Å². The minimum Gasteiger partial charge on any atom is -0.489 e. The van der Waals surface area contributed by atoms with Crippen LogP contribution in [0.2, 0.25) is 0 Å². The second-order valence-corrected chi connectivity index (χ2v) is 4.01. The molecule has 0 aliphatic heterocycles. The number of rotatable bonds is 7. The number of benzene rings is 1. The number of hydrogen-bond donors (Lipinski definition) is 1. The number of hydrogen-bond acceptors (Lipinski definition) is 3. The van der Waals surface area contributed by atoms with Gasteiger partial charge in [-0.05, 0) is 26.0 Å². The molecule has 0 bridgehead atoms. The lowest BCUT2D eigenvalue weighted by molar-refractivity contribution is 0.158. The Balaban J connectivity index is 2.23. The molecule has 2 unspecified atom stereocenters. The molecule has 3 nitrogen and oxygen atoms in total. The SMILES string of the molecule is COCC(C)NCC(C)Oc1ccccc1. The first kappa shape index (κ1) is 13.0. The molecule has 0 aliphatic carbocycles. The van der Waals surface area contributed by atoms with Crippen molar-refractivity contribution >= 4 is 0 Å². The first-order valence-electron chi connectivity index (χ1n) is 5.66. The maximum Gasteiger partial charge on any atom is 0.119 e. The number of nitrogens with one attached hydrogen (secondary N) is 1. The first-order valence-corrected chi connectivity index (χ1v) is 5.66. The average molecular weight is 223 g/mol. The van der Waals surface area contributed by atoms with Crippen molar-refractivity contribution in [3.63, 3.8) is 0 Å². The molecular formula is C13H21NO2. The highest BCUT2D eigenvalue weighted by atomic mass is 16.5. The average Bonchev–Trinajstić information content (AvgIpc) is 2.28. The predicted molar refractivity (Wildman–Crippen MR) is 65.9 cm³/mol. The van der Waals surface area contributed by atoms with Gasteiger partial charge in [0.1, 0.15) is 11.9 Å². The molecule has 1 rings (SSSR count). The van der Waals surface area contributed by atoms with Crippen molar-refractivity contribution in [3.05, 3.63) is 30.3 Å². The van der Waals surface area contributed by atoms with E-state index < -0.39 is 0 Å². The van der Waals surface area contributed by atoms with Gasteiger partial charge in [-0.25, -0.2) is 0 Å². The van der Waals surface area contributed by atoms with E-state index in [0.29, 0.717) is 6.04 Å². The van der Waals surface area contributed by atoms with Gasteiger partial charge in [0.2, 0.25) is 0 Å². The molecule has 0 amide bonds. The van der Waals surface area contributed by atoms with Gasteiger partial charge in [-0.15, -0.1) is 0 Å². The molecular weight excluding hydrogens is 202 g/mol. The number of ether oxygens (including phenoxy) is 2. The van der Waals surface area contributed by atoms with Crippen molar-refractivity contribution in [1.29, 1.82) is 0 Å². The molecule has 2 atom stereocenters. The Morgan fingerprint density at radius 3 is 2.50 bits per heavy atom. The lowest BCUT2D eigenvalue weighted by Crippen LogP contribution is -2.37. The summed E-state index contributed by atoms with van der Waals surface area (Å²) in [5.74, 6) is 0.913. The van der Waals surface area contributed by atoms with Gasteiger partial charge in [0.25, 0.3) is 0 Å². The second kappa shape index (κ2) is 7.25. The normalized spacial score (nSPS) is 14.4. The van der Waals surface area contributed by atoms with Gasteiger partial charge in [-0.3, -0.25) is 0 Å². The highest BCUT2D eigenvalue weighted by Gasteiger charge is 2.06. The third-order valence-corrected chi connectivity index (χ3v) is 2.25. The Bertz CT molecular complexity index is 277. The molecule has 1 aromatic rings. The van der Waals surface area contributed by atoms with Crippen LogP contribution in [0.25, 0.3) is 0 Å². The second-order valence-electron chi connectivity index (χ2n) is 4.01. The summed E-state index contributed by atoms with van der Waals surface area (Å²) in [7, 11) is 1.71. The van der Waals surface area contributed by atoms with E-state index in [1.807, 2.05) is 30.3 Å². The molecule has 0 spiro atoms. The third kappa shape index (κ3) is 5.14. The van der Waals surface area contributed by atoms with E-state index >= 15 is 0 Å². The van der Waals surface area contributed by atoms with Crippen molar-refractivity contribution in [2.24, 2.45) is 0 Å². The quantitative estimate of drug-likeness (QED) is 0.767. The summed E-state index contributed by atoms with van der Waals surface area (Å²) in [4.78, 5) is 0. The predicted octanol–water partition coefficient (Wildman–Crippen LogP) is 2.08. The molecule has 1 N–H and O–H groups in total. The molecule has 0 radical (unpaired) electrons. The number of methoxy groups -OCH3 is 1. The Morgan fingerprint density at radius 2 is 1.88 bits per heavy atom. The van der Waals surface area contributed by atoms with Crippen molar-refractivity contribution in [2.75, 3.05) is 20.3 Å². The minimum absolute atomic E-state index is 0.154. The molecule has 0 saturated heterocycles. The summed E-state index contributed by atoms with van der Waals surface area (Å²) >= 11 is 0. The third-order valence-electron chi connectivity index (χ3n) is 2.25.